The van der Waals surface area contributed by atoms with Gasteiger partial charge >= 0.3 is 0 Å². The molecule has 4 nitrogen and oxygen atoms in total. The van der Waals surface area contributed by atoms with Gasteiger partial charge in [-0.25, -0.2) is 4.90 Å². The molecule has 112 valence electrons. The summed E-state index contributed by atoms with van der Waals surface area (Å²) in [5.74, 6) is 0.201. The van der Waals surface area contributed by atoms with Crippen molar-refractivity contribution in [1.82, 2.24) is 0 Å². The minimum absolute atomic E-state index is 0.0349. The van der Waals surface area contributed by atoms with Gasteiger partial charge < -0.3 is 5.73 Å². The van der Waals surface area contributed by atoms with E-state index in [4.69, 9.17) is 5.73 Å². The summed E-state index contributed by atoms with van der Waals surface area (Å²) in [5, 5.41) is 0. The van der Waals surface area contributed by atoms with Crippen LogP contribution in [0.2, 0.25) is 0 Å². The largest absolute Gasteiger partial charge is 0.398 e. The minimum Gasteiger partial charge on any atom is -0.398 e. The molecule has 2 aliphatic rings. The number of amides is 2. The number of hydrogen-bond acceptors (Lipinski definition) is 3. The SMILES string of the molecule is CCC1CC2C(=O)N(c3cc(N)c(C)cc3C)C(=O)C2C1. The third kappa shape index (κ3) is 2.04. The van der Waals surface area contributed by atoms with Crippen LogP contribution in [-0.4, -0.2) is 11.8 Å². The molecule has 2 unspecified atom stereocenters. The van der Waals surface area contributed by atoms with E-state index in [2.05, 4.69) is 6.92 Å². The Morgan fingerprint density at radius 3 is 2.19 bits per heavy atom. The molecule has 1 aromatic rings. The molecule has 2 N–H and O–H groups in total. The van der Waals surface area contributed by atoms with Gasteiger partial charge in [-0.1, -0.05) is 19.4 Å². The van der Waals surface area contributed by atoms with Gasteiger partial charge in [-0.2, -0.15) is 0 Å². The molecule has 3 rings (SSSR count). The number of carbonyl (C=O) groups excluding carboxylic acids is 2. The van der Waals surface area contributed by atoms with Gasteiger partial charge in [0.1, 0.15) is 0 Å². The number of rotatable bonds is 2. The summed E-state index contributed by atoms with van der Waals surface area (Å²) in [7, 11) is 0. The van der Waals surface area contributed by atoms with E-state index in [0.29, 0.717) is 17.3 Å². The highest BCUT2D eigenvalue weighted by Crippen LogP contribution is 2.46. The van der Waals surface area contributed by atoms with E-state index < -0.39 is 0 Å². The second kappa shape index (κ2) is 4.86. The summed E-state index contributed by atoms with van der Waals surface area (Å²) in [4.78, 5) is 26.7. The molecule has 2 amide bonds. The molecule has 1 aliphatic heterocycles. The predicted molar refractivity (Wildman–Crippen MR) is 82.8 cm³/mol. The van der Waals surface area contributed by atoms with Crippen molar-refractivity contribution in [3.05, 3.63) is 23.3 Å². The second-order valence-corrected chi connectivity index (χ2v) is 6.47. The summed E-state index contributed by atoms with van der Waals surface area (Å²) in [5.41, 5.74) is 9.15. The van der Waals surface area contributed by atoms with Gasteiger partial charge in [0, 0.05) is 5.69 Å². The summed E-state index contributed by atoms with van der Waals surface area (Å²) < 4.78 is 0. The summed E-state index contributed by atoms with van der Waals surface area (Å²) in [6, 6.07) is 3.70. The second-order valence-electron chi connectivity index (χ2n) is 6.47. The molecule has 1 saturated heterocycles. The van der Waals surface area contributed by atoms with Crippen LogP contribution in [0.5, 0.6) is 0 Å². The van der Waals surface area contributed by atoms with Gasteiger partial charge in [0.05, 0.1) is 17.5 Å². The van der Waals surface area contributed by atoms with Crippen LogP contribution in [0.15, 0.2) is 12.1 Å². The van der Waals surface area contributed by atoms with Crippen molar-refractivity contribution in [1.29, 1.82) is 0 Å². The van der Waals surface area contributed by atoms with Crippen molar-refractivity contribution >= 4 is 23.2 Å². The molecule has 0 bridgehead atoms. The number of nitrogen functional groups attached to an aromatic ring is 1. The van der Waals surface area contributed by atoms with E-state index in [0.717, 1.165) is 30.4 Å². The van der Waals surface area contributed by atoms with Crippen LogP contribution in [0.3, 0.4) is 0 Å². The zero-order chi connectivity index (χ0) is 15.3. The van der Waals surface area contributed by atoms with Crippen molar-refractivity contribution in [2.45, 2.75) is 40.0 Å². The molecule has 0 spiro atoms. The normalized spacial score (nSPS) is 28.3. The predicted octanol–water partition coefficient (Wildman–Crippen LogP) is 2.81. The first-order valence-electron chi connectivity index (χ1n) is 7.68. The third-order valence-corrected chi connectivity index (χ3v) is 5.14. The first kappa shape index (κ1) is 14.1. The van der Waals surface area contributed by atoms with Crippen LogP contribution in [-0.2, 0) is 9.59 Å². The Balaban J connectivity index is 1.97. The lowest BCUT2D eigenvalue weighted by Crippen LogP contribution is -2.33. The quantitative estimate of drug-likeness (QED) is 0.671. The van der Waals surface area contributed by atoms with Crippen molar-refractivity contribution < 1.29 is 9.59 Å². The van der Waals surface area contributed by atoms with Crippen molar-refractivity contribution in [2.75, 3.05) is 10.6 Å². The molecule has 4 heteroatoms. The number of aryl methyl sites for hydroxylation is 2. The lowest BCUT2D eigenvalue weighted by molar-refractivity contribution is -0.123. The van der Waals surface area contributed by atoms with E-state index in [1.165, 1.54) is 4.90 Å². The number of fused-ring (bicyclic) bond motifs is 1. The van der Waals surface area contributed by atoms with Crippen molar-refractivity contribution in [3.8, 4) is 0 Å². The Labute approximate surface area is 125 Å². The Kier molecular flexibility index (Phi) is 3.27. The molecule has 0 radical (unpaired) electrons. The highest BCUT2D eigenvalue weighted by molar-refractivity contribution is 6.22. The van der Waals surface area contributed by atoms with Crippen LogP contribution in [0, 0.1) is 31.6 Å². The standard InChI is InChI=1S/C17H22N2O2/c1-4-11-6-12-13(7-11)17(21)19(16(12)20)15-8-14(18)9(2)5-10(15)3/h5,8,11-13H,4,6-7,18H2,1-3H3. The number of hydrogen-bond donors (Lipinski definition) is 1. The number of benzene rings is 1. The zero-order valence-electron chi connectivity index (χ0n) is 12.8. The minimum atomic E-state index is -0.121. The van der Waals surface area contributed by atoms with E-state index >= 15 is 0 Å². The average Bonchev–Trinajstić information content (AvgIpc) is 2.96. The van der Waals surface area contributed by atoms with Crippen LogP contribution >= 0.6 is 0 Å². The highest BCUT2D eigenvalue weighted by Gasteiger charge is 2.52. The molecule has 1 saturated carbocycles. The van der Waals surface area contributed by atoms with Crippen LogP contribution in [0.25, 0.3) is 0 Å². The molecule has 1 aliphatic carbocycles. The summed E-state index contributed by atoms with van der Waals surface area (Å²) >= 11 is 0. The molecular formula is C17H22N2O2. The Morgan fingerprint density at radius 2 is 1.67 bits per heavy atom. The number of nitrogens with two attached hydrogens (primary N) is 1. The van der Waals surface area contributed by atoms with E-state index in [9.17, 15) is 9.59 Å². The van der Waals surface area contributed by atoms with Gasteiger partial charge in [-0.15, -0.1) is 0 Å². The zero-order valence-corrected chi connectivity index (χ0v) is 12.8. The number of anilines is 2. The monoisotopic (exact) mass is 286 g/mol. The number of nitrogens with zero attached hydrogens (tertiary/aromatic N) is 1. The first-order chi connectivity index (χ1) is 9.93. The van der Waals surface area contributed by atoms with Gasteiger partial charge in [0.2, 0.25) is 11.8 Å². The fourth-order valence-corrected chi connectivity index (χ4v) is 3.80. The maximum atomic E-state index is 12.7. The van der Waals surface area contributed by atoms with Crippen molar-refractivity contribution in [2.24, 2.45) is 17.8 Å². The molecule has 2 atom stereocenters. The molecule has 2 fully saturated rings. The van der Waals surface area contributed by atoms with E-state index in [1.807, 2.05) is 19.9 Å². The lowest BCUT2D eigenvalue weighted by Gasteiger charge is -2.20. The average molecular weight is 286 g/mol. The molecule has 1 heterocycles. The van der Waals surface area contributed by atoms with Gasteiger partial charge in [0.15, 0.2) is 0 Å². The number of carbonyl (C=O) groups is 2. The highest BCUT2D eigenvalue weighted by atomic mass is 16.2. The Bertz CT molecular complexity index is 599. The molecule has 1 aromatic carbocycles. The van der Waals surface area contributed by atoms with E-state index in [1.54, 1.807) is 6.07 Å². The summed E-state index contributed by atoms with van der Waals surface area (Å²) in [6.07, 6.45) is 2.75. The summed E-state index contributed by atoms with van der Waals surface area (Å²) in [6.45, 7) is 5.98. The van der Waals surface area contributed by atoms with E-state index in [-0.39, 0.29) is 23.7 Å². The topological polar surface area (TPSA) is 63.4 Å². The van der Waals surface area contributed by atoms with Gasteiger partial charge in [-0.3, -0.25) is 9.59 Å². The first-order valence-corrected chi connectivity index (χ1v) is 7.68. The molecule has 21 heavy (non-hydrogen) atoms. The van der Waals surface area contributed by atoms with Crippen LogP contribution in [0.4, 0.5) is 11.4 Å². The Hall–Kier alpha value is -1.84. The van der Waals surface area contributed by atoms with Gasteiger partial charge in [-0.05, 0) is 49.8 Å². The van der Waals surface area contributed by atoms with Crippen molar-refractivity contribution in [3.63, 3.8) is 0 Å². The maximum Gasteiger partial charge on any atom is 0.237 e. The maximum absolute atomic E-state index is 12.7. The number of imide groups is 1. The molecular weight excluding hydrogens is 264 g/mol. The fraction of sp³-hybridized carbons (Fsp3) is 0.529. The van der Waals surface area contributed by atoms with Gasteiger partial charge in [0.25, 0.3) is 0 Å². The smallest absolute Gasteiger partial charge is 0.237 e. The van der Waals surface area contributed by atoms with Crippen LogP contribution < -0.4 is 10.6 Å². The fourth-order valence-electron chi connectivity index (χ4n) is 3.80. The Morgan fingerprint density at radius 1 is 1.10 bits per heavy atom. The third-order valence-electron chi connectivity index (χ3n) is 5.14. The molecule has 0 aromatic heterocycles. The van der Waals surface area contributed by atoms with Crippen LogP contribution in [0.1, 0.15) is 37.3 Å². The lowest BCUT2D eigenvalue weighted by atomic mass is 10.00.